The molecule has 0 heterocycles. The fraction of sp³-hybridized carbons (Fsp3) is 0.200. The van der Waals surface area contributed by atoms with Gasteiger partial charge >= 0.3 is 46.4 Å². The molecular formula is C5H5Cl3V. The van der Waals surface area contributed by atoms with E-state index in [1.165, 1.54) is 0 Å². The van der Waals surface area contributed by atoms with Crippen LogP contribution in [0.2, 0.25) is 4.63 Å². The Morgan fingerprint density at radius 3 is 1.33 bits per heavy atom. The first-order valence-electron chi connectivity index (χ1n) is 1.92. The van der Waals surface area contributed by atoms with E-state index in [9.17, 15) is 0 Å². The molecule has 0 radical (unpaired) electrons. The Hall–Kier alpha value is 0.934. The van der Waals surface area contributed by atoms with Crippen LogP contribution in [0, 0.1) is 0 Å². The van der Waals surface area contributed by atoms with E-state index >= 15 is 0 Å². The predicted octanol–water partition coefficient (Wildman–Crippen LogP) is -7.54. The quantitative estimate of drug-likeness (QED) is 0.382. The van der Waals surface area contributed by atoms with Gasteiger partial charge in [-0.05, 0) is 0 Å². The zero-order valence-corrected chi connectivity index (χ0v) is 8.13. The van der Waals surface area contributed by atoms with Gasteiger partial charge in [-0.15, -0.1) is 0 Å². The third-order valence-corrected chi connectivity index (χ3v) is 1.27. The van der Waals surface area contributed by atoms with Crippen LogP contribution in [0.25, 0.3) is 0 Å². The Morgan fingerprint density at radius 2 is 1.22 bits per heavy atom. The topological polar surface area (TPSA) is 0 Å². The van der Waals surface area contributed by atoms with Crippen molar-refractivity contribution in [2.45, 2.75) is 4.63 Å². The van der Waals surface area contributed by atoms with Gasteiger partial charge in [-0.25, -0.2) is 0 Å². The molecule has 0 aromatic heterocycles. The van der Waals surface area contributed by atoms with Crippen LogP contribution in [-0.2, 0) is 17.4 Å². The van der Waals surface area contributed by atoms with Crippen LogP contribution in [0.1, 0.15) is 0 Å². The van der Waals surface area contributed by atoms with Crippen molar-refractivity contribution in [1.82, 2.24) is 0 Å². The van der Waals surface area contributed by atoms with E-state index in [4.69, 9.17) is 0 Å². The fourth-order valence-corrected chi connectivity index (χ4v) is 0.731. The minimum absolute atomic E-state index is 0. The Balaban J connectivity index is -0.000000120. The molecule has 4 heteroatoms. The van der Waals surface area contributed by atoms with E-state index in [-0.39, 0.29) is 37.2 Å². The van der Waals surface area contributed by atoms with E-state index in [1.807, 2.05) is 0 Å². The Kier molecular flexibility index (Phi) is 16.4. The molecule has 0 amide bonds. The van der Waals surface area contributed by atoms with E-state index in [0.29, 0.717) is 4.63 Å². The predicted molar refractivity (Wildman–Crippen MR) is 22.0 cm³/mol. The molecule has 0 aliphatic heterocycles. The molecule has 0 N–H and O–H groups in total. The van der Waals surface area contributed by atoms with Crippen LogP contribution in [-0.4, -0.2) is 0 Å². The normalized spacial score (nSPS) is 13.6. The summed E-state index contributed by atoms with van der Waals surface area (Å²) < 4.78 is 0.623. The molecule has 0 atom stereocenters. The average Bonchev–Trinajstić information content (AvgIpc) is 1.86. The molecule has 51 valence electrons. The number of allylic oxidation sites excluding steroid dienone is 4. The molecule has 0 saturated heterocycles. The molecule has 1 aliphatic rings. The van der Waals surface area contributed by atoms with Gasteiger partial charge in [-0.3, -0.25) is 0 Å². The number of halogens is 3. The van der Waals surface area contributed by atoms with Crippen LogP contribution in [0.15, 0.2) is 24.3 Å². The van der Waals surface area contributed by atoms with Gasteiger partial charge in [0.05, 0.1) is 0 Å². The molecule has 0 unspecified atom stereocenters. The molecule has 0 spiro atoms. The summed E-state index contributed by atoms with van der Waals surface area (Å²) in [5.41, 5.74) is 0. The fourth-order valence-electron chi connectivity index (χ4n) is 0.420. The second-order valence-electron chi connectivity index (χ2n) is 1.26. The maximum atomic E-state index is 2.57. The maximum absolute atomic E-state index is 2.57. The van der Waals surface area contributed by atoms with Crippen molar-refractivity contribution in [1.29, 1.82) is 0 Å². The summed E-state index contributed by atoms with van der Waals surface area (Å²) in [7, 11) is 0. The molecule has 0 saturated carbocycles. The van der Waals surface area contributed by atoms with Crippen LogP contribution >= 0.6 is 0 Å². The van der Waals surface area contributed by atoms with Crippen molar-refractivity contribution in [3.63, 3.8) is 0 Å². The van der Waals surface area contributed by atoms with Crippen LogP contribution in [0.5, 0.6) is 0 Å². The zero-order chi connectivity index (χ0) is 4.41. The number of rotatable bonds is 0. The molecule has 0 aromatic carbocycles. The monoisotopic (exact) mass is 221 g/mol. The Morgan fingerprint density at radius 1 is 0.889 bits per heavy atom. The SMILES string of the molecule is [Cl-].[Cl-].[Cl-].[V+3][CH]1C=CC=C1. The van der Waals surface area contributed by atoms with Crippen molar-refractivity contribution >= 4 is 0 Å². The van der Waals surface area contributed by atoms with E-state index in [2.05, 4.69) is 41.7 Å². The van der Waals surface area contributed by atoms with Gasteiger partial charge in [0.2, 0.25) is 0 Å². The van der Waals surface area contributed by atoms with E-state index in [0.717, 1.165) is 0 Å². The van der Waals surface area contributed by atoms with Gasteiger partial charge in [0.15, 0.2) is 0 Å². The second-order valence-corrected chi connectivity index (χ2v) is 2.19. The Labute approximate surface area is 83.4 Å². The van der Waals surface area contributed by atoms with Crippen molar-refractivity contribution < 1.29 is 54.6 Å². The molecule has 1 rings (SSSR count). The third-order valence-electron chi connectivity index (χ3n) is 0.728. The van der Waals surface area contributed by atoms with Crippen molar-refractivity contribution in [2.24, 2.45) is 0 Å². The van der Waals surface area contributed by atoms with Gasteiger partial charge in [0, 0.05) is 0 Å². The minimum atomic E-state index is 0. The van der Waals surface area contributed by atoms with Crippen LogP contribution in [0.3, 0.4) is 0 Å². The van der Waals surface area contributed by atoms with Gasteiger partial charge in [-0.2, -0.15) is 0 Å². The molecule has 9 heavy (non-hydrogen) atoms. The van der Waals surface area contributed by atoms with Crippen LogP contribution < -0.4 is 37.2 Å². The summed E-state index contributed by atoms with van der Waals surface area (Å²) in [6, 6.07) is 0. The second kappa shape index (κ2) is 8.93. The van der Waals surface area contributed by atoms with Gasteiger partial charge < -0.3 is 37.2 Å². The third kappa shape index (κ3) is 6.82. The average molecular weight is 222 g/mol. The first-order valence-corrected chi connectivity index (χ1v) is 2.73. The number of hydrogen-bond acceptors (Lipinski definition) is 0. The van der Waals surface area contributed by atoms with Crippen molar-refractivity contribution in [2.75, 3.05) is 0 Å². The van der Waals surface area contributed by atoms with Gasteiger partial charge in [0.25, 0.3) is 0 Å². The Bertz CT molecular complexity index is 88.4. The summed E-state index contributed by atoms with van der Waals surface area (Å²) in [4.78, 5) is 0. The molecule has 1 aliphatic carbocycles. The van der Waals surface area contributed by atoms with Crippen molar-refractivity contribution in [3.8, 4) is 0 Å². The molecular weight excluding hydrogens is 217 g/mol. The molecule has 0 fully saturated rings. The zero-order valence-electron chi connectivity index (χ0n) is 4.47. The summed E-state index contributed by atoms with van der Waals surface area (Å²) in [5.74, 6) is 0. The van der Waals surface area contributed by atoms with Gasteiger partial charge in [-0.1, -0.05) is 0 Å². The summed E-state index contributed by atoms with van der Waals surface area (Å²) in [6.45, 7) is 0. The van der Waals surface area contributed by atoms with E-state index < -0.39 is 0 Å². The summed E-state index contributed by atoms with van der Waals surface area (Å²) in [6.07, 6.45) is 8.39. The van der Waals surface area contributed by atoms with E-state index in [1.54, 1.807) is 0 Å². The first-order chi connectivity index (χ1) is 2.89. The van der Waals surface area contributed by atoms with Crippen LogP contribution in [0.4, 0.5) is 0 Å². The molecule has 0 aromatic rings. The summed E-state index contributed by atoms with van der Waals surface area (Å²) in [5, 5.41) is 0. The molecule has 0 bridgehead atoms. The summed E-state index contributed by atoms with van der Waals surface area (Å²) >= 11 is 2.57. The first kappa shape index (κ1) is 16.5. The molecule has 0 nitrogen and oxygen atoms in total. The van der Waals surface area contributed by atoms with Gasteiger partial charge in [0.1, 0.15) is 0 Å². The number of hydrogen-bond donors (Lipinski definition) is 0. The standard InChI is InChI=1S/C5H5.3ClH.V/c1-2-4-5-3-1;;;;/h1-5H;3*1H;/q;;;;+3/p-3. The van der Waals surface area contributed by atoms with Crippen molar-refractivity contribution in [3.05, 3.63) is 24.3 Å².